The third-order valence-corrected chi connectivity index (χ3v) is 3.60. The number of hydrogen-bond acceptors (Lipinski definition) is 3. The van der Waals surface area contributed by atoms with Gasteiger partial charge < -0.3 is 19.7 Å². The Morgan fingerprint density at radius 3 is 2.90 bits per heavy atom. The second-order valence-electron chi connectivity index (χ2n) is 5.08. The maximum atomic E-state index is 12.0. The second-order valence-corrected chi connectivity index (χ2v) is 5.08. The van der Waals surface area contributed by atoms with Gasteiger partial charge in [-0.3, -0.25) is 0 Å². The van der Waals surface area contributed by atoms with Crippen LogP contribution in [-0.2, 0) is 4.74 Å². The van der Waals surface area contributed by atoms with Crippen LogP contribution in [0.3, 0.4) is 0 Å². The number of hydrogen-bond donors (Lipinski definition) is 1. The molecule has 0 radical (unpaired) electrons. The number of nitrogens with one attached hydrogen (secondary N) is 1. The molecule has 0 bridgehead atoms. The van der Waals surface area contributed by atoms with E-state index >= 15 is 0 Å². The fourth-order valence-corrected chi connectivity index (χ4v) is 2.34. The predicted octanol–water partition coefficient (Wildman–Crippen LogP) is 3.12. The average Bonchev–Trinajstić information content (AvgIpc) is 3.00. The number of urea groups is 1. The number of rotatable bonds is 6. The molecule has 2 rings (SSSR count). The number of carbonyl (C=O) groups excluding carboxylic acids is 1. The Morgan fingerprint density at radius 1 is 1.43 bits per heavy atom. The number of benzene rings is 1. The van der Waals surface area contributed by atoms with E-state index in [1.54, 1.807) is 4.90 Å². The van der Waals surface area contributed by atoms with Gasteiger partial charge in [-0.1, -0.05) is 6.07 Å². The molecule has 1 aromatic carbocycles. The van der Waals surface area contributed by atoms with Crippen LogP contribution in [0.2, 0.25) is 0 Å². The molecule has 0 spiro atoms. The van der Waals surface area contributed by atoms with Crippen molar-refractivity contribution in [2.45, 2.75) is 32.8 Å². The van der Waals surface area contributed by atoms with Gasteiger partial charge in [0.1, 0.15) is 12.4 Å². The van der Waals surface area contributed by atoms with Gasteiger partial charge in [0.05, 0.1) is 6.10 Å². The van der Waals surface area contributed by atoms with E-state index in [2.05, 4.69) is 5.32 Å². The van der Waals surface area contributed by atoms with E-state index in [9.17, 15) is 4.79 Å². The lowest BCUT2D eigenvalue weighted by molar-refractivity contribution is 0.0680. The Hall–Kier alpha value is -1.75. The van der Waals surface area contributed by atoms with Crippen molar-refractivity contribution in [2.75, 3.05) is 31.6 Å². The highest BCUT2D eigenvalue weighted by Gasteiger charge is 2.16. The molecular weight excluding hydrogens is 268 g/mol. The van der Waals surface area contributed by atoms with Gasteiger partial charge in [0, 0.05) is 31.5 Å². The van der Waals surface area contributed by atoms with Crippen LogP contribution in [0.4, 0.5) is 10.5 Å². The van der Waals surface area contributed by atoms with Crippen molar-refractivity contribution in [1.82, 2.24) is 4.90 Å². The van der Waals surface area contributed by atoms with E-state index in [1.807, 2.05) is 38.1 Å². The average molecular weight is 292 g/mol. The second kappa shape index (κ2) is 7.88. The monoisotopic (exact) mass is 292 g/mol. The van der Waals surface area contributed by atoms with E-state index in [1.165, 1.54) is 0 Å². The maximum Gasteiger partial charge on any atom is 0.321 e. The van der Waals surface area contributed by atoms with Gasteiger partial charge in [-0.05, 0) is 38.8 Å². The lowest BCUT2D eigenvalue weighted by atomic mass is 10.2. The lowest BCUT2D eigenvalue weighted by Gasteiger charge is -2.19. The molecule has 5 nitrogen and oxygen atoms in total. The molecule has 21 heavy (non-hydrogen) atoms. The largest absolute Gasteiger partial charge is 0.491 e. The summed E-state index contributed by atoms with van der Waals surface area (Å²) in [6, 6.07) is 7.39. The van der Waals surface area contributed by atoms with Crippen LogP contribution in [-0.4, -0.2) is 43.3 Å². The first-order chi connectivity index (χ1) is 10.2. The van der Waals surface area contributed by atoms with E-state index in [0.717, 1.165) is 30.9 Å². The number of anilines is 1. The van der Waals surface area contributed by atoms with Crippen molar-refractivity contribution >= 4 is 11.7 Å². The Kier molecular flexibility index (Phi) is 5.87. The molecule has 1 aliphatic heterocycles. The molecule has 1 saturated heterocycles. The Morgan fingerprint density at radius 2 is 2.24 bits per heavy atom. The van der Waals surface area contributed by atoms with Crippen molar-refractivity contribution in [1.29, 1.82) is 0 Å². The van der Waals surface area contributed by atoms with Crippen LogP contribution in [0.5, 0.6) is 5.75 Å². The summed E-state index contributed by atoms with van der Waals surface area (Å²) in [4.78, 5) is 13.7. The molecule has 0 saturated carbocycles. The summed E-state index contributed by atoms with van der Waals surface area (Å²) in [7, 11) is 0. The lowest BCUT2D eigenvalue weighted by Crippen LogP contribution is -2.34. The molecule has 0 aromatic heterocycles. The van der Waals surface area contributed by atoms with Gasteiger partial charge in [0.2, 0.25) is 0 Å². The predicted molar refractivity (Wildman–Crippen MR) is 82.9 cm³/mol. The summed E-state index contributed by atoms with van der Waals surface area (Å²) >= 11 is 0. The zero-order chi connectivity index (χ0) is 15.1. The fourth-order valence-electron chi connectivity index (χ4n) is 2.34. The van der Waals surface area contributed by atoms with Gasteiger partial charge in [-0.15, -0.1) is 0 Å². The molecule has 1 N–H and O–H groups in total. The third kappa shape index (κ3) is 4.63. The quantitative estimate of drug-likeness (QED) is 0.876. The van der Waals surface area contributed by atoms with Crippen LogP contribution in [0, 0.1) is 0 Å². The van der Waals surface area contributed by atoms with E-state index in [-0.39, 0.29) is 12.1 Å². The summed E-state index contributed by atoms with van der Waals surface area (Å²) in [5.41, 5.74) is 0.747. The van der Waals surface area contributed by atoms with Crippen LogP contribution >= 0.6 is 0 Å². The summed E-state index contributed by atoms with van der Waals surface area (Å²) in [5.74, 6) is 0.753. The molecule has 116 valence electrons. The summed E-state index contributed by atoms with van der Waals surface area (Å²) in [6.07, 6.45) is 2.35. The van der Waals surface area contributed by atoms with E-state index in [4.69, 9.17) is 9.47 Å². The normalized spacial score (nSPS) is 17.5. The number of amides is 2. The van der Waals surface area contributed by atoms with Crippen LogP contribution in [0.15, 0.2) is 24.3 Å². The molecular formula is C16H24N2O3. The van der Waals surface area contributed by atoms with Gasteiger partial charge >= 0.3 is 6.03 Å². The van der Waals surface area contributed by atoms with Crippen molar-refractivity contribution in [2.24, 2.45) is 0 Å². The highest BCUT2D eigenvalue weighted by molar-refractivity contribution is 5.89. The standard InChI is InChI=1S/C16H24N2O3/c1-3-18(4-2)16(19)17-13-7-5-8-14(11-13)21-12-15-9-6-10-20-15/h5,7-8,11,15H,3-4,6,9-10,12H2,1-2H3,(H,17,19). The number of ether oxygens (including phenoxy) is 2. The number of nitrogens with zero attached hydrogens (tertiary/aromatic N) is 1. The smallest absolute Gasteiger partial charge is 0.321 e. The molecule has 5 heteroatoms. The SMILES string of the molecule is CCN(CC)C(=O)Nc1cccc(OCC2CCCO2)c1. The van der Waals surface area contributed by atoms with Crippen molar-refractivity contribution in [3.63, 3.8) is 0 Å². The Balaban J connectivity index is 1.89. The van der Waals surface area contributed by atoms with E-state index in [0.29, 0.717) is 19.7 Å². The van der Waals surface area contributed by atoms with Crippen molar-refractivity contribution in [3.05, 3.63) is 24.3 Å². The van der Waals surface area contributed by atoms with Crippen molar-refractivity contribution in [3.8, 4) is 5.75 Å². The molecule has 2 amide bonds. The van der Waals surface area contributed by atoms with Crippen LogP contribution < -0.4 is 10.1 Å². The fraction of sp³-hybridized carbons (Fsp3) is 0.562. The first-order valence-corrected chi connectivity index (χ1v) is 7.63. The minimum absolute atomic E-state index is 0.0868. The molecule has 1 aliphatic rings. The van der Waals surface area contributed by atoms with E-state index < -0.39 is 0 Å². The maximum absolute atomic E-state index is 12.0. The topological polar surface area (TPSA) is 50.8 Å². The van der Waals surface area contributed by atoms with Gasteiger partial charge in [-0.25, -0.2) is 4.79 Å². The molecule has 1 heterocycles. The molecule has 1 unspecified atom stereocenters. The minimum atomic E-state index is -0.0868. The van der Waals surface area contributed by atoms with Crippen LogP contribution in [0.25, 0.3) is 0 Å². The highest BCUT2D eigenvalue weighted by atomic mass is 16.5. The van der Waals surface area contributed by atoms with Crippen molar-refractivity contribution < 1.29 is 14.3 Å². The minimum Gasteiger partial charge on any atom is -0.491 e. The number of carbonyl (C=O) groups is 1. The van der Waals surface area contributed by atoms with Crippen LogP contribution in [0.1, 0.15) is 26.7 Å². The third-order valence-electron chi connectivity index (χ3n) is 3.60. The Labute approximate surface area is 126 Å². The summed E-state index contributed by atoms with van der Waals surface area (Å²) in [5, 5.41) is 2.89. The molecule has 1 fully saturated rings. The zero-order valence-corrected chi connectivity index (χ0v) is 12.8. The van der Waals surface area contributed by atoms with Gasteiger partial charge in [0.25, 0.3) is 0 Å². The molecule has 0 aliphatic carbocycles. The molecule has 1 atom stereocenters. The summed E-state index contributed by atoms with van der Waals surface area (Å²) < 4.78 is 11.3. The molecule has 1 aromatic rings. The zero-order valence-electron chi connectivity index (χ0n) is 12.8. The Bertz CT molecular complexity index is 455. The summed E-state index contributed by atoms with van der Waals surface area (Å²) in [6.45, 7) is 6.70. The highest BCUT2D eigenvalue weighted by Crippen LogP contribution is 2.20. The first kappa shape index (κ1) is 15.6. The van der Waals surface area contributed by atoms with Gasteiger partial charge in [-0.2, -0.15) is 0 Å². The first-order valence-electron chi connectivity index (χ1n) is 7.63. The van der Waals surface area contributed by atoms with Gasteiger partial charge in [0.15, 0.2) is 0 Å².